The molecule has 1 atom stereocenters. The van der Waals surface area contributed by atoms with Crippen molar-refractivity contribution in [3.05, 3.63) is 14.9 Å². The molecule has 0 heterocycles. The van der Waals surface area contributed by atoms with Gasteiger partial charge in [-0.3, -0.25) is 4.79 Å². The normalized spacial score (nSPS) is 5.00. The van der Waals surface area contributed by atoms with Crippen LogP contribution < -0.4 is 0 Å². The van der Waals surface area contributed by atoms with Crippen LogP contribution in [-0.4, -0.2) is 16.6 Å². The molecule has 0 aliphatic rings. The molecule has 0 aromatic rings. The quantitative estimate of drug-likeness (QED) is 0.429. The largest absolute Gasteiger partial charge is 2.00 e. The van der Waals surface area contributed by atoms with Gasteiger partial charge in [-0.25, -0.2) is 4.79 Å². The minimum atomic E-state index is -1.42. The van der Waals surface area contributed by atoms with Crippen molar-refractivity contribution in [3.8, 4) is 0 Å². The molecule has 0 aromatic heterocycles. The van der Waals surface area contributed by atoms with Gasteiger partial charge in [0.2, 0.25) is 0 Å². The summed E-state index contributed by atoms with van der Waals surface area (Å²) in [4.78, 5) is 18.8. The van der Waals surface area contributed by atoms with E-state index < -0.39 is 11.5 Å². The fraction of sp³-hybridized carbons (Fsp3) is 0. The van der Waals surface area contributed by atoms with E-state index in [2.05, 4.69) is 0 Å². The summed E-state index contributed by atoms with van der Waals surface area (Å²) in [6, 6.07) is 0. The molecule has 0 spiro atoms. The van der Waals surface area contributed by atoms with E-state index in [9.17, 15) is 9.59 Å². The van der Waals surface area contributed by atoms with Crippen molar-refractivity contribution in [3.63, 3.8) is 0 Å². The number of carbonyl (C=O) groups excluding carboxylic acids is 1. The number of hydrogen-bond acceptors (Lipinski definition) is 2. The van der Waals surface area contributed by atoms with Gasteiger partial charge >= 0.3 is 27.0 Å². The van der Waals surface area contributed by atoms with Gasteiger partial charge < -0.3 is 20.0 Å². The van der Waals surface area contributed by atoms with Crippen molar-refractivity contribution in [2.75, 3.05) is 0 Å². The molecule has 0 bridgehead atoms. The molecule has 0 rings (SSSR count). The standard InChI is InChI=1S/C2H3O3P.2CH3.Pt/c3-1(4)2(5)6;;;/h6H2,(H,3,4);2*1H3;/q;2*-1;+2. The van der Waals surface area contributed by atoms with E-state index in [0.29, 0.717) is 0 Å². The van der Waals surface area contributed by atoms with E-state index in [4.69, 9.17) is 5.11 Å². The van der Waals surface area contributed by atoms with Crippen LogP contribution in [0.3, 0.4) is 0 Å². The average molecular weight is 331 g/mol. The van der Waals surface area contributed by atoms with Gasteiger partial charge in [-0.15, -0.1) is 0 Å². The molecule has 1 unspecified atom stereocenters. The van der Waals surface area contributed by atoms with Crippen molar-refractivity contribution in [1.82, 2.24) is 0 Å². The van der Waals surface area contributed by atoms with E-state index in [1.807, 2.05) is 0 Å². The van der Waals surface area contributed by atoms with E-state index in [0.717, 1.165) is 0 Å². The topological polar surface area (TPSA) is 54.4 Å². The van der Waals surface area contributed by atoms with Gasteiger partial charge in [0, 0.05) is 0 Å². The molecule has 1 N–H and O–H groups in total. The molecule has 3 nitrogen and oxygen atoms in total. The molecule has 0 saturated heterocycles. The van der Waals surface area contributed by atoms with Gasteiger partial charge in [-0.2, -0.15) is 0 Å². The predicted molar refractivity (Wildman–Crippen MR) is 35.2 cm³/mol. The van der Waals surface area contributed by atoms with Gasteiger partial charge in [0.05, 0.1) is 0 Å². The monoisotopic (exact) mass is 331 g/mol. The Balaban J connectivity index is -0.0000000417. The molecule has 0 radical (unpaired) electrons. The van der Waals surface area contributed by atoms with Crippen LogP contribution in [0, 0.1) is 14.9 Å². The van der Waals surface area contributed by atoms with E-state index in [1.165, 1.54) is 9.24 Å². The first-order valence-electron chi connectivity index (χ1n) is 1.17. The minimum Gasteiger partial charge on any atom is -0.475 e. The maximum atomic E-state index is 9.51. The van der Waals surface area contributed by atoms with Crippen molar-refractivity contribution in [2.24, 2.45) is 0 Å². The Morgan fingerprint density at radius 2 is 1.33 bits per heavy atom. The molecular weight excluding hydrogens is 322 g/mol. The maximum Gasteiger partial charge on any atom is 2.00 e. The Hall–Kier alpha value is 0.258. The first-order valence-corrected chi connectivity index (χ1v) is 1.75. The fourth-order valence-corrected chi connectivity index (χ4v) is 0. The van der Waals surface area contributed by atoms with Crippen molar-refractivity contribution >= 4 is 20.7 Å². The fourth-order valence-electron chi connectivity index (χ4n) is 0. The molecule has 58 valence electrons. The number of carboxylic acids is 1. The average Bonchev–Trinajstić information content (AvgIpc) is 1.36. The smallest absolute Gasteiger partial charge is 0.475 e. The summed E-state index contributed by atoms with van der Waals surface area (Å²) in [6.07, 6.45) is 0. The number of carboxylic acid groups (broad SMARTS) is 1. The Bertz CT molecular complexity index is 81.8. The third-order valence-corrected chi connectivity index (χ3v) is 0.458. The summed E-state index contributed by atoms with van der Waals surface area (Å²) < 4.78 is 0. The molecule has 0 fully saturated rings. The van der Waals surface area contributed by atoms with Crippen molar-refractivity contribution < 1.29 is 35.8 Å². The number of rotatable bonds is 1. The van der Waals surface area contributed by atoms with Crippen LogP contribution in [-0.2, 0) is 30.7 Å². The van der Waals surface area contributed by atoms with Gasteiger partial charge in [0.15, 0.2) is 0 Å². The van der Waals surface area contributed by atoms with Crippen LogP contribution in [0.4, 0.5) is 0 Å². The molecule has 9 heavy (non-hydrogen) atoms. The van der Waals surface area contributed by atoms with Crippen LogP contribution in [0.1, 0.15) is 0 Å². The summed E-state index contributed by atoms with van der Waals surface area (Å²) in [5.41, 5.74) is -0.907. The summed E-state index contributed by atoms with van der Waals surface area (Å²) in [5.74, 6) is -1.42. The Morgan fingerprint density at radius 1 is 1.22 bits per heavy atom. The van der Waals surface area contributed by atoms with E-state index >= 15 is 0 Å². The van der Waals surface area contributed by atoms with Crippen LogP contribution in [0.5, 0.6) is 0 Å². The molecule has 5 heteroatoms. The zero-order chi connectivity index (χ0) is 5.15. The molecular formula is C4H9O3PPt. The van der Waals surface area contributed by atoms with Gasteiger partial charge in [-0.1, -0.05) is 9.24 Å². The van der Waals surface area contributed by atoms with E-state index in [1.54, 1.807) is 0 Å². The number of aliphatic carboxylic acids is 1. The van der Waals surface area contributed by atoms with Gasteiger partial charge in [0.1, 0.15) is 0 Å². The zero-order valence-electron chi connectivity index (χ0n) is 5.16. The molecule has 0 aliphatic heterocycles. The second-order valence-corrected chi connectivity index (χ2v) is 1.19. The molecule has 0 saturated carbocycles. The van der Waals surface area contributed by atoms with Gasteiger partial charge in [0.25, 0.3) is 5.52 Å². The third kappa shape index (κ3) is 17.8. The van der Waals surface area contributed by atoms with Crippen LogP contribution in [0.2, 0.25) is 0 Å². The molecule has 0 aliphatic carbocycles. The van der Waals surface area contributed by atoms with Gasteiger partial charge in [-0.05, 0) is 0 Å². The first-order chi connectivity index (χ1) is 2.64. The Morgan fingerprint density at radius 3 is 1.33 bits per heavy atom. The Labute approximate surface area is 71.7 Å². The van der Waals surface area contributed by atoms with Crippen LogP contribution in [0.25, 0.3) is 0 Å². The zero-order valence-corrected chi connectivity index (χ0v) is 8.58. The van der Waals surface area contributed by atoms with Crippen molar-refractivity contribution in [2.45, 2.75) is 0 Å². The SMILES string of the molecule is O=C(O)C(=O)P.[CH3-].[CH3-].[Pt+2]. The third-order valence-electron chi connectivity index (χ3n) is 0.211. The van der Waals surface area contributed by atoms with Crippen LogP contribution >= 0.6 is 9.24 Å². The van der Waals surface area contributed by atoms with E-state index in [-0.39, 0.29) is 35.9 Å². The summed E-state index contributed by atoms with van der Waals surface area (Å²) in [6.45, 7) is 0. The number of carbonyl (C=O) groups is 2. The maximum absolute atomic E-state index is 9.51. The van der Waals surface area contributed by atoms with Crippen molar-refractivity contribution in [1.29, 1.82) is 0 Å². The first kappa shape index (κ1) is 22.8. The summed E-state index contributed by atoms with van der Waals surface area (Å²) in [7, 11) is 1.53. The summed E-state index contributed by atoms with van der Waals surface area (Å²) in [5, 5.41) is 7.62. The summed E-state index contributed by atoms with van der Waals surface area (Å²) >= 11 is 0. The second kappa shape index (κ2) is 11.1. The molecule has 0 amide bonds. The van der Waals surface area contributed by atoms with Crippen LogP contribution in [0.15, 0.2) is 0 Å². The minimum absolute atomic E-state index is 0. The Kier molecular flexibility index (Phi) is 28.2. The number of hydrogen-bond donors (Lipinski definition) is 1. The predicted octanol–water partition coefficient (Wildman–Crippen LogP) is 0.371. The molecule has 0 aromatic carbocycles. The second-order valence-electron chi connectivity index (χ2n) is 0.669.